The molecular weight excluding hydrogens is 248 g/mol. The maximum atomic E-state index is 11.1. The average Bonchev–Trinajstić information content (AvgIpc) is 2.98. The first-order valence-electron chi connectivity index (χ1n) is 5.80. The third-order valence-corrected chi connectivity index (χ3v) is 2.62. The normalized spacial score (nSPS) is 12.1. The number of ether oxygens (including phenoxy) is 1. The summed E-state index contributed by atoms with van der Waals surface area (Å²) >= 11 is 0. The van der Waals surface area contributed by atoms with Gasteiger partial charge in [0.25, 0.3) is 0 Å². The number of rotatable bonds is 5. The molecule has 0 aliphatic carbocycles. The van der Waals surface area contributed by atoms with E-state index in [9.17, 15) is 4.79 Å². The molecule has 0 aliphatic heterocycles. The second-order valence-corrected chi connectivity index (χ2v) is 3.93. The van der Waals surface area contributed by atoms with Crippen LogP contribution in [0.4, 0.5) is 0 Å². The van der Waals surface area contributed by atoms with E-state index in [2.05, 4.69) is 14.8 Å². The van der Waals surface area contributed by atoms with Gasteiger partial charge in [-0.2, -0.15) is 0 Å². The minimum Gasteiger partial charge on any atom is -0.468 e. The molecule has 1 atom stereocenters. The predicted molar refractivity (Wildman–Crippen MR) is 64.5 cm³/mol. The van der Waals surface area contributed by atoms with Crippen LogP contribution in [-0.2, 0) is 16.1 Å². The van der Waals surface area contributed by atoms with Crippen LogP contribution in [0.1, 0.15) is 6.42 Å². The molecule has 0 aliphatic rings. The number of carbonyl (C=O) groups is 1. The lowest BCUT2D eigenvalue weighted by Gasteiger charge is -2.05. The number of nitrogens with two attached hydrogens (primary N) is 1. The van der Waals surface area contributed by atoms with Gasteiger partial charge in [-0.1, -0.05) is 4.68 Å². The Kier molecular flexibility index (Phi) is 4.19. The highest BCUT2D eigenvalue weighted by atomic mass is 16.5. The number of carbonyl (C=O) groups excluding carboxylic acids is 1. The first kappa shape index (κ1) is 13.2. The third kappa shape index (κ3) is 3.35. The van der Waals surface area contributed by atoms with Gasteiger partial charge in [-0.15, -0.1) is 0 Å². The second kappa shape index (κ2) is 6.05. The fourth-order valence-corrected chi connectivity index (χ4v) is 1.55. The van der Waals surface area contributed by atoms with Crippen molar-refractivity contribution < 1.29 is 18.6 Å². The summed E-state index contributed by atoms with van der Waals surface area (Å²) < 4.78 is 11.4. The zero-order valence-electron chi connectivity index (χ0n) is 10.5. The first-order chi connectivity index (χ1) is 9.20. The Morgan fingerprint density at radius 3 is 3.05 bits per heavy atom. The molecule has 2 aromatic rings. The molecule has 0 radical (unpaired) electrons. The molecule has 0 fully saturated rings. The number of hydrogen-bond acceptors (Lipinski definition) is 6. The summed E-state index contributed by atoms with van der Waals surface area (Å²) in [5.74, 6) is 0.0999. The Bertz CT molecular complexity index is 524. The van der Waals surface area contributed by atoms with Gasteiger partial charge in [0.05, 0.1) is 18.9 Å². The summed E-state index contributed by atoms with van der Waals surface area (Å²) in [6.07, 6.45) is 6.97. The lowest BCUT2D eigenvalue weighted by Crippen LogP contribution is -2.42. The average molecular weight is 263 g/mol. The maximum absolute atomic E-state index is 11.1. The highest BCUT2D eigenvalue weighted by Gasteiger charge is 2.16. The standard InChI is InChI=1S/C12H15N4O3/c1-18-12(17)10(13)3-6-16-5-2-9(8-15-16)11-14-4-7-19-11/h2,4-5,7-8,10H,3,6,13H2,1H3/q+1/t10-/m0/s1. The monoisotopic (exact) mass is 263 g/mol. The molecule has 0 spiro atoms. The SMILES string of the molecule is COC(=O)[C@@H](N)CC[n+]1ccc(-c2ncco2)cn1. The zero-order valence-corrected chi connectivity index (χ0v) is 10.5. The zero-order chi connectivity index (χ0) is 13.7. The predicted octanol–water partition coefficient (Wildman–Crippen LogP) is -0.0855. The quantitative estimate of drug-likeness (QED) is 0.598. The molecule has 7 nitrogen and oxygen atoms in total. The molecule has 2 N–H and O–H groups in total. The molecule has 0 unspecified atom stereocenters. The van der Waals surface area contributed by atoms with E-state index in [1.165, 1.54) is 13.4 Å². The van der Waals surface area contributed by atoms with Gasteiger partial charge in [-0.3, -0.25) is 4.79 Å². The number of nitrogens with zero attached hydrogens (tertiary/aromatic N) is 3. The molecule has 0 bridgehead atoms. The number of hydrogen-bond donors (Lipinski definition) is 1. The smallest absolute Gasteiger partial charge is 0.322 e. The molecule has 0 amide bonds. The van der Waals surface area contributed by atoms with Crippen LogP contribution in [0.15, 0.2) is 35.3 Å². The van der Waals surface area contributed by atoms with E-state index in [-0.39, 0.29) is 0 Å². The van der Waals surface area contributed by atoms with Crippen molar-refractivity contribution in [2.75, 3.05) is 7.11 Å². The van der Waals surface area contributed by atoms with E-state index in [1.54, 1.807) is 23.3 Å². The van der Waals surface area contributed by atoms with Crippen LogP contribution in [0.5, 0.6) is 0 Å². The third-order valence-electron chi connectivity index (χ3n) is 2.62. The topological polar surface area (TPSA) is 95.1 Å². The van der Waals surface area contributed by atoms with E-state index >= 15 is 0 Å². The van der Waals surface area contributed by atoms with Crippen molar-refractivity contribution in [3.8, 4) is 11.5 Å². The van der Waals surface area contributed by atoms with Crippen molar-refractivity contribution in [2.45, 2.75) is 19.0 Å². The van der Waals surface area contributed by atoms with Crippen molar-refractivity contribution in [1.29, 1.82) is 0 Å². The molecule has 2 aromatic heterocycles. The summed E-state index contributed by atoms with van der Waals surface area (Å²) in [4.78, 5) is 15.2. The Hall–Kier alpha value is -2.28. The van der Waals surface area contributed by atoms with Crippen LogP contribution in [0.25, 0.3) is 11.5 Å². The summed E-state index contributed by atoms with van der Waals surface area (Å²) in [7, 11) is 1.32. The summed E-state index contributed by atoms with van der Waals surface area (Å²) in [6.45, 7) is 0.530. The van der Waals surface area contributed by atoms with E-state index in [0.29, 0.717) is 18.9 Å². The fraction of sp³-hybridized carbons (Fsp3) is 0.333. The second-order valence-electron chi connectivity index (χ2n) is 3.93. The van der Waals surface area contributed by atoms with E-state index in [4.69, 9.17) is 10.2 Å². The molecule has 0 saturated heterocycles. The maximum Gasteiger partial charge on any atom is 0.322 e. The summed E-state index contributed by atoms with van der Waals surface area (Å²) in [5.41, 5.74) is 6.43. The van der Waals surface area contributed by atoms with Crippen LogP contribution < -0.4 is 10.4 Å². The Morgan fingerprint density at radius 2 is 2.47 bits per heavy atom. The summed E-state index contributed by atoms with van der Waals surface area (Å²) in [5, 5.41) is 4.20. The lowest BCUT2D eigenvalue weighted by molar-refractivity contribution is -0.754. The van der Waals surface area contributed by atoms with Gasteiger partial charge in [0.1, 0.15) is 18.5 Å². The van der Waals surface area contributed by atoms with Crippen molar-refractivity contribution in [1.82, 2.24) is 10.1 Å². The highest BCUT2D eigenvalue weighted by molar-refractivity contribution is 5.75. The molecule has 2 heterocycles. The Morgan fingerprint density at radius 1 is 1.63 bits per heavy atom. The first-order valence-corrected chi connectivity index (χ1v) is 5.80. The van der Waals surface area contributed by atoms with Crippen LogP contribution in [-0.4, -0.2) is 29.2 Å². The Labute approximate surface area is 110 Å². The van der Waals surface area contributed by atoms with E-state index in [0.717, 1.165) is 5.56 Å². The van der Waals surface area contributed by atoms with Gasteiger partial charge in [0.2, 0.25) is 5.89 Å². The van der Waals surface area contributed by atoms with Crippen molar-refractivity contribution in [2.24, 2.45) is 5.73 Å². The molecular formula is C12H15N4O3+. The van der Waals surface area contributed by atoms with Crippen molar-refractivity contribution in [3.05, 3.63) is 30.9 Å². The molecule has 100 valence electrons. The van der Waals surface area contributed by atoms with Gasteiger partial charge in [-0.05, 0) is 5.10 Å². The summed E-state index contributed by atoms with van der Waals surface area (Å²) in [6, 6.07) is 1.20. The van der Waals surface area contributed by atoms with Crippen LogP contribution >= 0.6 is 0 Å². The van der Waals surface area contributed by atoms with E-state index < -0.39 is 12.0 Å². The number of methoxy groups -OCH3 is 1. The van der Waals surface area contributed by atoms with Gasteiger partial charge in [0.15, 0.2) is 12.7 Å². The Balaban J connectivity index is 1.94. The largest absolute Gasteiger partial charge is 0.468 e. The van der Waals surface area contributed by atoms with Gasteiger partial charge < -0.3 is 14.9 Å². The molecule has 0 saturated carbocycles. The molecule has 7 heteroatoms. The van der Waals surface area contributed by atoms with Crippen molar-refractivity contribution in [3.63, 3.8) is 0 Å². The number of oxazole rings is 1. The molecule has 19 heavy (non-hydrogen) atoms. The minimum atomic E-state index is -0.634. The van der Waals surface area contributed by atoms with Gasteiger partial charge in [-0.25, -0.2) is 4.98 Å². The van der Waals surface area contributed by atoms with Gasteiger partial charge >= 0.3 is 5.97 Å². The van der Waals surface area contributed by atoms with Crippen LogP contribution in [0.2, 0.25) is 0 Å². The number of aromatic nitrogens is 3. The minimum absolute atomic E-state index is 0.419. The van der Waals surface area contributed by atoms with Gasteiger partial charge in [0, 0.05) is 12.5 Å². The highest BCUT2D eigenvalue weighted by Crippen LogP contribution is 2.13. The molecule has 0 aromatic carbocycles. The van der Waals surface area contributed by atoms with E-state index in [1.807, 2.05) is 6.07 Å². The van der Waals surface area contributed by atoms with Crippen LogP contribution in [0.3, 0.4) is 0 Å². The fourth-order valence-electron chi connectivity index (χ4n) is 1.55. The van der Waals surface area contributed by atoms with Crippen LogP contribution in [0, 0.1) is 0 Å². The number of esters is 1. The lowest BCUT2D eigenvalue weighted by atomic mass is 10.2. The van der Waals surface area contributed by atoms with Crippen molar-refractivity contribution >= 4 is 5.97 Å². The molecule has 2 rings (SSSR count). The number of aryl methyl sites for hydroxylation is 1.